The molecule has 0 saturated carbocycles. The fourth-order valence-electron chi connectivity index (χ4n) is 3.24. The van der Waals surface area contributed by atoms with Gasteiger partial charge in [0.25, 0.3) is 10.2 Å². The minimum Gasteiger partial charge on any atom is -0.494 e. The second kappa shape index (κ2) is 9.91. The number of rotatable bonds is 8. The van der Waals surface area contributed by atoms with Crippen LogP contribution in [0.1, 0.15) is 52.0 Å². The van der Waals surface area contributed by atoms with Crippen LogP contribution >= 0.6 is 0 Å². The lowest BCUT2D eigenvalue weighted by molar-refractivity contribution is -0.122. The van der Waals surface area contributed by atoms with E-state index in [0.29, 0.717) is 45.4 Å². The lowest BCUT2D eigenvalue weighted by Crippen LogP contribution is -2.49. The number of carbonyl (C=O) groups excluding carboxylic acids is 1. The normalized spacial score (nSPS) is 16.8. The summed E-state index contributed by atoms with van der Waals surface area (Å²) >= 11 is 0. The molecule has 8 heteroatoms. The third-order valence-corrected chi connectivity index (χ3v) is 7.08. The zero-order valence-electron chi connectivity index (χ0n) is 18.3. The van der Waals surface area contributed by atoms with Crippen molar-refractivity contribution in [2.45, 2.75) is 57.9 Å². The van der Waals surface area contributed by atoms with Gasteiger partial charge in [-0.3, -0.25) is 4.79 Å². The van der Waals surface area contributed by atoms with E-state index in [1.807, 2.05) is 12.1 Å². The molecule has 29 heavy (non-hydrogen) atoms. The molecule has 2 rings (SSSR count). The van der Waals surface area contributed by atoms with Crippen molar-refractivity contribution >= 4 is 16.1 Å². The number of carbonyl (C=O) groups is 1. The van der Waals surface area contributed by atoms with E-state index in [-0.39, 0.29) is 17.4 Å². The maximum absolute atomic E-state index is 12.2. The maximum atomic E-state index is 12.2. The van der Waals surface area contributed by atoms with Gasteiger partial charge in [-0.2, -0.15) is 17.0 Å². The third-order valence-electron chi connectivity index (χ3n) is 5.14. The molecule has 1 aliphatic heterocycles. The molecule has 0 radical (unpaired) electrons. The van der Waals surface area contributed by atoms with Gasteiger partial charge >= 0.3 is 0 Å². The SMILES string of the molecule is CN(C)S(=O)(=O)N1CCC(NC(=O)CCCOc2ccc(C(C)(C)C)cc2)CC1. The smallest absolute Gasteiger partial charge is 0.281 e. The molecule has 164 valence electrons. The maximum Gasteiger partial charge on any atom is 0.281 e. The van der Waals surface area contributed by atoms with E-state index in [1.54, 1.807) is 0 Å². The highest BCUT2D eigenvalue weighted by Crippen LogP contribution is 2.24. The van der Waals surface area contributed by atoms with E-state index in [1.165, 1.54) is 28.3 Å². The van der Waals surface area contributed by atoms with Crippen molar-refractivity contribution in [3.8, 4) is 5.75 Å². The summed E-state index contributed by atoms with van der Waals surface area (Å²) in [6, 6.07) is 8.12. The van der Waals surface area contributed by atoms with Gasteiger partial charge in [0, 0.05) is 39.6 Å². The number of hydrogen-bond acceptors (Lipinski definition) is 4. The summed E-state index contributed by atoms with van der Waals surface area (Å²) in [7, 11) is -0.306. The molecule has 0 aromatic heterocycles. The van der Waals surface area contributed by atoms with Crippen molar-refractivity contribution in [2.24, 2.45) is 0 Å². The van der Waals surface area contributed by atoms with Crippen LogP contribution in [0.2, 0.25) is 0 Å². The minimum atomic E-state index is -3.37. The molecule has 0 spiro atoms. The van der Waals surface area contributed by atoms with Crippen molar-refractivity contribution in [3.63, 3.8) is 0 Å². The average Bonchev–Trinajstić information content (AvgIpc) is 2.65. The van der Waals surface area contributed by atoms with Gasteiger partial charge in [0.1, 0.15) is 5.75 Å². The fraction of sp³-hybridized carbons (Fsp3) is 0.667. The second-order valence-corrected chi connectivity index (χ2v) is 10.9. The topological polar surface area (TPSA) is 79.0 Å². The van der Waals surface area contributed by atoms with Crippen molar-refractivity contribution in [1.29, 1.82) is 0 Å². The molecule has 0 aliphatic carbocycles. The molecular formula is C21H35N3O4S. The highest BCUT2D eigenvalue weighted by atomic mass is 32.2. The van der Waals surface area contributed by atoms with Crippen LogP contribution in [0.4, 0.5) is 0 Å². The number of benzene rings is 1. The Morgan fingerprint density at radius 3 is 2.28 bits per heavy atom. The van der Waals surface area contributed by atoms with Gasteiger partial charge in [0.15, 0.2) is 0 Å². The standard InChI is InChI=1S/C21H35N3O4S/c1-21(2,3)17-8-10-19(11-9-17)28-16-6-7-20(25)22-18-12-14-24(15-13-18)29(26,27)23(4)5/h8-11,18H,6-7,12-16H2,1-5H3,(H,22,25). The van der Waals surface area contributed by atoms with E-state index in [0.717, 1.165) is 5.75 Å². The molecular weight excluding hydrogens is 390 g/mol. The van der Waals surface area contributed by atoms with Crippen LogP contribution in [0.5, 0.6) is 5.75 Å². The zero-order valence-corrected chi connectivity index (χ0v) is 19.1. The Balaban J connectivity index is 1.66. The third kappa shape index (κ3) is 6.97. The summed E-state index contributed by atoms with van der Waals surface area (Å²) in [6.45, 7) is 7.87. The zero-order chi connectivity index (χ0) is 21.7. The van der Waals surface area contributed by atoms with Gasteiger partial charge in [0.05, 0.1) is 6.61 Å². The van der Waals surface area contributed by atoms with Gasteiger partial charge in [-0.25, -0.2) is 0 Å². The predicted octanol–water partition coefficient (Wildman–Crippen LogP) is 2.53. The van der Waals surface area contributed by atoms with Crippen molar-refractivity contribution in [1.82, 2.24) is 13.9 Å². The van der Waals surface area contributed by atoms with Crippen LogP contribution in [-0.2, 0) is 20.4 Å². The van der Waals surface area contributed by atoms with Crippen molar-refractivity contribution in [2.75, 3.05) is 33.8 Å². The first-order chi connectivity index (χ1) is 13.5. The van der Waals surface area contributed by atoms with Crippen molar-refractivity contribution in [3.05, 3.63) is 29.8 Å². The summed E-state index contributed by atoms with van der Waals surface area (Å²) in [5.41, 5.74) is 1.37. The van der Waals surface area contributed by atoms with Crippen LogP contribution in [0, 0.1) is 0 Å². The first-order valence-electron chi connectivity index (χ1n) is 10.2. The van der Waals surface area contributed by atoms with Crippen LogP contribution in [-0.4, -0.2) is 62.8 Å². The van der Waals surface area contributed by atoms with Crippen LogP contribution in [0.25, 0.3) is 0 Å². The first-order valence-corrected chi connectivity index (χ1v) is 11.6. The molecule has 1 heterocycles. The number of hydrogen-bond donors (Lipinski definition) is 1. The Morgan fingerprint density at radius 1 is 1.17 bits per heavy atom. The van der Waals surface area contributed by atoms with E-state index < -0.39 is 10.2 Å². The molecule has 0 unspecified atom stereocenters. The van der Waals surface area contributed by atoms with Crippen molar-refractivity contribution < 1.29 is 17.9 Å². The van der Waals surface area contributed by atoms with Gasteiger partial charge in [-0.05, 0) is 42.4 Å². The molecule has 1 aromatic rings. The number of nitrogens with zero attached hydrogens (tertiary/aromatic N) is 2. The molecule has 1 aromatic carbocycles. The van der Waals surface area contributed by atoms with E-state index in [4.69, 9.17) is 4.74 Å². The lowest BCUT2D eigenvalue weighted by Gasteiger charge is -2.33. The highest BCUT2D eigenvalue weighted by Gasteiger charge is 2.29. The van der Waals surface area contributed by atoms with E-state index in [2.05, 4.69) is 38.2 Å². The summed E-state index contributed by atoms with van der Waals surface area (Å²) in [4.78, 5) is 12.2. The molecule has 7 nitrogen and oxygen atoms in total. The summed E-state index contributed by atoms with van der Waals surface area (Å²) < 4.78 is 32.7. The van der Waals surface area contributed by atoms with E-state index in [9.17, 15) is 13.2 Å². The fourth-order valence-corrected chi connectivity index (χ4v) is 4.37. The lowest BCUT2D eigenvalue weighted by atomic mass is 9.87. The largest absolute Gasteiger partial charge is 0.494 e. The molecule has 1 fully saturated rings. The van der Waals surface area contributed by atoms with Crippen LogP contribution in [0.15, 0.2) is 24.3 Å². The van der Waals surface area contributed by atoms with Gasteiger partial charge in [-0.15, -0.1) is 0 Å². The van der Waals surface area contributed by atoms with Gasteiger partial charge < -0.3 is 10.1 Å². The molecule has 1 amide bonds. The Bertz CT molecular complexity index is 762. The number of piperidine rings is 1. The quantitative estimate of drug-likeness (QED) is 0.649. The molecule has 0 bridgehead atoms. The number of nitrogens with one attached hydrogen (secondary N) is 1. The van der Waals surface area contributed by atoms with E-state index >= 15 is 0 Å². The summed E-state index contributed by atoms with van der Waals surface area (Å²) in [5.74, 6) is 0.804. The first kappa shape index (κ1) is 23.6. The Hall–Kier alpha value is -1.64. The minimum absolute atomic E-state index is 0.00871. The second-order valence-electron chi connectivity index (χ2n) is 8.76. The van der Waals surface area contributed by atoms with Gasteiger partial charge in [0.2, 0.25) is 5.91 Å². The average molecular weight is 426 g/mol. The Labute approximate surface area is 175 Å². The molecule has 0 atom stereocenters. The van der Waals surface area contributed by atoms with Crippen LogP contribution < -0.4 is 10.1 Å². The molecule has 1 N–H and O–H groups in total. The molecule has 1 aliphatic rings. The van der Waals surface area contributed by atoms with Crippen LogP contribution in [0.3, 0.4) is 0 Å². The highest BCUT2D eigenvalue weighted by molar-refractivity contribution is 7.86. The Morgan fingerprint density at radius 2 is 1.76 bits per heavy atom. The monoisotopic (exact) mass is 425 g/mol. The summed E-state index contributed by atoms with van der Waals surface area (Å²) in [5, 5.41) is 3.01. The van der Waals surface area contributed by atoms with Gasteiger partial charge in [-0.1, -0.05) is 32.9 Å². The molecule has 1 saturated heterocycles. The Kier molecular flexibility index (Phi) is 8.08. The number of ether oxygens (including phenoxy) is 1. The summed E-state index contributed by atoms with van der Waals surface area (Å²) in [6.07, 6.45) is 2.31. The predicted molar refractivity (Wildman–Crippen MR) is 115 cm³/mol. The number of amides is 1.